The van der Waals surface area contributed by atoms with E-state index in [1.165, 1.54) is 38.8 Å². The molecule has 1 aromatic heterocycles. The summed E-state index contributed by atoms with van der Waals surface area (Å²) in [6, 6.07) is 34.5. The van der Waals surface area contributed by atoms with E-state index in [1.54, 1.807) is 0 Å². The zero-order valence-corrected chi connectivity index (χ0v) is 21.9. The van der Waals surface area contributed by atoms with E-state index in [-0.39, 0.29) is 5.41 Å². The van der Waals surface area contributed by atoms with Gasteiger partial charge in [0.05, 0.1) is 5.52 Å². The second-order valence-electron chi connectivity index (χ2n) is 10.2. The summed E-state index contributed by atoms with van der Waals surface area (Å²) >= 11 is 12.5. The SMILES string of the molecule is CC(C)c1cc(-c2cccc(C3CC3(c3ccc(Cl)cc3)c3ccc(Cl)cc3)c2)c2ncccc2c1. The number of benzene rings is 4. The van der Waals surface area contributed by atoms with Crippen LogP contribution in [0.3, 0.4) is 0 Å². The van der Waals surface area contributed by atoms with Crippen molar-refractivity contribution in [3.05, 3.63) is 136 Å². The third-order valence-electron chi connectivity index (χ3n) is 7.67. The highest BCUT2D eigenvalue weighted by molar-refractivity contribution is 6.30. The van der Waals surface area contributed by atoms with Gasteiger partial charge in [0.2, 0.25) is 0 Å². The highest BCUT2D eigenvalue weighted by Crippen LogP contribution is 2.64. The summed E-state index contributed by atoms with van der Waals surface area (Å²) in [7, 11) is 0. The molecule has 4 aromatic carbocycles. The fourth-order valence-corrected chi connectivity index (χ4v) is 5.91. The lowest BCUT2D eigenvalue weighted by Crippen LogP contribution is -2.12. The number of aromatic nitrogens is 1. The lowest BCUT2D eigenvalue weighted by Gasteiger charge is -2.20. The smallest absolute Gasteiger partial charge is 0.0780 e. The molecule has 6 rings (SSSR count). The standard InChI is InChI=1S/C33H27Cl2N/c1-21(2)25-18-24-7-4-16-36-32(24)30(19-25)22-5-3-6-23(17-22)31-20-33(31,26-8-12-28(34)13-9-26)27-10-14-29(35)15-11-27/h3-19,21,31H,20H2,1-2H3. The van der Waals surface area contributed by atoms with Crippen LogP contribution < -0.4 is 0 Å². The average Bonchev–Trinajstić information content (AvgIpc) is 3.66. The summed E-state index contributed by atoms with van der Waals surface area (Å²) in [5.41, 5.74) is 8.63. The lowest BCUT2D eigenvalue weighted by atomic mass is 9.83. The molecule has 3 heteroatoms. The Bertz CT molecular complexity index is 1510. The molecule has 0 aliphatic heterocycles. The normalized spacial score (nSPS) is 16.4. The van der Waals surface area contributed by atoms with Crippen molar-refractivity contribution in [2.75, 3.05) is 0 Å². The Morgan fingerprint density at radius 3 is 2.08 bits per heavy atom. The Hall–Kier alpha value is -3.13. The average molecular weight is 508 g/mol. The van der Waals surface area contributed by atoms with Crippen molar-refractivity contribution in [1.29, 1.82) is 0 Å². The zero-order chi connectivity index (χ0) is 24.9. The largest absolute Gasteiger partial charge is 0.256 e. The molecular formula is C33H27Cl2N. The summed E-state index contributed by atoms with van der Waals surface area (Å²) in [4.78, 5) is 4.76. The van der Waals surface area contributed by atoms with Gasteiger partial charge in [-0.15, -0.1) is 0 Å². The predicted octanol–water partition coefficient (Wildman–Crippen LogP) is 9.81. The van der Waals surface area contributed by atoms with Crippen molar-refractivity contribution < 1.29 is 0 Å². The van der Waals surface area contributed by atoms with Gasteiger partial charge in [-0.2, -0.15) is 0 Å². The molecular weight excluding hydrogens is 481 g/mol. The van der Waals surface area contributed by atoms with E-state index in [0.29, 0.717) is 11.8 Å². The first-order valence-electron chi connectivity index (χ1n) is 12.5. The molecule has 0 N–H and O–H groups in total. The van der Waals surface area contributed by atoms with Crippen LogP contribution in [-0.4, -0.2) is 4.98 Å². The highest BCUT2D eigenvalue weighted by Gasteiger charge is 2.57. The van der Waals surface area contributed by atoms with Gasteiger partial charge in [0, 0.05) is 32.6 Å². The van der Waals surface area contributed by atoms with Crippen LogP contribution in [-0.2, 0) is 5.41 Å². The minimum Gasteiger partial charge on any atom is -0.256 e. The van der Waals surface area contributed by atoms with E-state index in [1.807, 2.05) is 36.5 Å². The summed E-state index contributed by atoms with van der Waals surface area (Å²) in [6.07, 6.45) is 2.93. The maximum absolute atomic E-state index is 6.25. The first kappa shape index (κ1) is 23.3. The molecule has 0 radical (unpaired) electrons. The summed E-state index contributed by atoms with van der Waals surface area (Å²) in [6.45, 7) is 4.49. The molecule has 0 saturated heterocycles. The van der Waals surface area contributed by atoms with Crippen LogP contribution in [0.25, 0.3) is 22.0 Å². The van der Waals surface area contributed by atoms with Crippen molar-refractivity contribution >= 4 is 34.1 Å². The van der Waals surface area contributed by atoms with Crippen LogP contribution in [0.5, 0.6) is 0 Å². The molecule has 1 unspecified atom stereocenters. The van der Waals surface area contributed by atoms with Gasteiger partial charge in [0.1, 0.15) is 0 Å². The Morgan fingerprint density at radius 1 is 0.778 bits per heavy atom. The molecule has 0 amide bonds. The molecule has 0 bridgehead atoms. The van der Waals surface area contributed by atoms with Crippen molar-refractivity contribution in [2.45, 2.75) is 37.5 Å². The van der Waals surface area contributed by atoms with E-state index in [9.17, 15) is 0 Å². The molecule has 1 saturated carbocycles. The van der Waals surface area contributed by atoms with E-state index in [0.717, 1.165) is 22.0 Å². The van der Waals surface area contributed by atoms with Crippen molar-refractivity contribution in [2.24, 2.45) is 0 Å². The molecule has 1 aliphatic rings. The number of hydrogen-bond donors (Lipinski definition) is 0. The third kappa shape index (κ3) is 4.01. The third-order valence-corrected chi connectivity index (χ3v) is 8.18. The molecule has 1 aliphatic carbocycles. The van der Waals surface area contributed by atoms with Gasteiger partial charge < -0.3 is 0 Å². The van der Waals surface area contributed by atoms with Crippen LogP contribution in [0.1, 0.15) is 54.4 Å². The first-order valence-corrected chi connectivity index (χ1v) is 13.2. The van der Waals surface area contributed by atoms with Gasteiger partial charge in [-0.1, -0.05) is 91.6 Å². The van der Waals surface area contributed by atoms with Crippen molar-refractivity contribution in [3.63, 3.8) is 0 Å². The Kier molecular flexibility index (Phi) is 5.86. The van der Waals surface area contributed by atoms with Crippen LogP contribution in [0.2, 0.25) is 10.0 Å². The van der Waals surface area contributed by atoms with Crippen LogP contribution in [0, 0.1) is 0 Å². The fourth-order valence-electron chi connectivity index (χ4n) is 5.66. The maximum atomic E-state index is 6.25. The van der Waals surface area contributed by atoms with Gasteiger partial charge in [0.25, 0.3) is 0 Å². The number of nitrogens with zero attached hydrogens (tertiary/aromatic N) is 1. The van der Waals surface area contributed by atoms with Gasteiger partial charge >= 0.3 is 0 Å². The molecule has 1 atom stereocenters. The second kappa shape index (κ2) is 9.07. The van der Waals surface area contributed by atoms with Crippen molar-refractivity contribution in [1.82, 2.24) is 4.98 Å². The molecule has 1 fully saturated rings. The summed E-state index contributed by atoms with van der Waals surface area (Å²) in [5, 5.41) is 2.70. The number of halogens is 2. The van der Waals surface area contributed by atoms with Crippen LogP contribution >= 0.6 is 23.2 Å². The van der Waals surface area contributed by atoms with Gasteiger partial charge in [0.15, 0.2) is 0 Å². The monoisotopic (exact) mass is 507 g/mol. The van der Waals surface area contributed by atoms with Crippen molar-refractivity contribution in [3.8, 4) is 11.1 Å². The van der Waals surface area contributed by atoms with E-state index >= 15 is 0 Å². The molecule has 1 nitrogen and oxygen atoms in total. The Balaban J connectivity index is 1.47. The predicted molar refractivity (Wildman–Crippen MR) is 152 cm³/mol. The maximum Gasteiger partial charge on any atom is 0.0780 e. The summed E-state index contributed by atoms with van der Waals surface area (Å²) in [5.74, 6) is 0.815. The molecule has 5 aromatic rings. The summed E-state index contributed by atoms with van der Waals surface area (Å²) < 4.78 is 0. The van der Waals surface area contributed by atoms with Crippen LogP contribution in [0.15, 0.2) is 103 Å². The van der Waals surface area contributed by atoms with E-state index in [4.69, 9.17) is 28.2 Å². The molecule has 1 heterocycles. The van der Waals surface area contributed by atoms with Crippen LogP contribution in [0.4, 0.5) is 0 Å². The number of hydrogen-bond acceptors (Lipinski definition) is 1. The number of rotatable bonds is 5. The van der Waals surface area contributed by atoms with Gasteiger partial charge in [-0.25, -0.2) is 0 Å². The Morgan fingerprint density at radius 2 is 1.44 bits per heavy atom. The van der Waals surface area contributed by atoms with Gasteiger partial charge in [-0.05, 0) is 88.5 Å². The second-order valence-corrected chi connectivity index (χ2v) is 11.0. The fraction of sp³-hybridized carbons (Fsp3) is 0.182. The number of pyridine rings is 1. The van der Waals surface area contributed by atoms with E-state index < -0.39 is 0 Å². The first-order chi connectivity index (χ1) is 17.5. The quantitative estimate of drug-likeness (QED) is 0.230. The topological polar surface area (TPSA) is 12.9 Å². The minimum atomic E-state index is -0.0894. The molecule has 178 valence electrons. The zero-order valence-electron chi connectivity index (χ0n) is 20.4. The highest BCUT2D eigenvalue weighted by atomic mass is 35.5. The molecule has 36 heavy (non-hydrogen) atoms. The van der Waals surface area contributed by atoms with E-state index in [2.05, 4.69) is 80.6 Å². The number of fused-ring (bicyclic) bond motifs is 1. The minimum absolute atomic E-state index is 0.0894. The molecule has 0 spiro atoms. The lowest BCUT2D eigenvalue weighted by molar-refractivity contribution is 0.803. The van der Waals surface area contributed by atoms with Gasteiger partial charge in [-0.3, -0.25) is 4.98 Å². The Labute approximate surface area is 222 Å².